The molecule has 0 unspecified atom stereocenters. The number of rotatable bonds is 10. The van der Waals surface area contributed by atoms with E-state index in [1.807, 2.05) is 6.07 Å². The van der Waals surface area contributed by atoms with Crippen molar-refractivity contribution in [1.29, 1.82) is 0 Å². The minimum atomic E-state index is 0.318. The molecule has 1 nitrogen and oxygen atoms in total. The molecule has 2 aromatic rings. The summed E-state index contributed by atoms with van der Waals surface area (Å²) in [5.41, 5.74) is 7.82. The number of ketones is 1. The molecule has 0 heterocycles. The minimum Gasteiger partial charge on any atom is -0.294 e. The van der Waals surface area contributed by atoms with Crippen molar-refractivity contribution in [2.45, 2.75) is 84.5 Å². The molecule has 0 amide bonds. The monoisotopic (exact) mass is 362 g/mol. The van der Waals surface area contributed by atoms with Gasteiger partial charge < -0.3 is 0 Å². The van der Waals surface area contributed by atoms with Gasteiger partial charge in [-0.05, 0) is 59.6 Å². The van der Waals surface area contributed by atoms with Crippen molar-refractivity contribution in [3.05, 3.63) is 58.7 Å². The number of unbranched alkanes of at least 4 members (excludes halogenated alkanes) is 6. The highest BCUT2D eigenvalue weighted by Gasteiger charge is 2.18. The fourth-order valence-corrected chi connectivity index (χ4v) is 4.23. The lowest BCUT2D eigenvalue weighted by molar-refractivity contribution is 0.0979. The van der Waals surface area contributed by atoms with E-state index in [1.165, 1.54) is 66.3 Å². The predicted molar refractivity (Wildman–Crippen MR) is 116 cm³/mol. The smallest absolute Gasteiger partial charge is 0.162 e. The maximum absolute atomic E-state index is 12.6. The van der Waals surface area contributed by atoms with Crippen LogP contribution in [0.4, 0.5) is 0 Å². The third kappa shape index (κ3) is 5.09. The van der Waals surface area contributed by atoms with Crippen molar-refractivity contribution in [1.82, 2.24) is 0 Å². The Hall–Kier alpha value is -1.89. The summed E-state index contributed by atoms with van der Waals surface area (Å²) in [6, 6.07) is 13.3. The van der Waals surface area contributed by atoms with E-state index in [0.717, 1.165) is 31.2 Å². The molecule has 1 aliphatic carbocycles. The fraction of sp³-hybridized carbons (Fsp3) is 0.500. The first kappa shape index (κ1) is 19.9. The zero-order chi connectivity index (χ0) is 19.1. The molecule has 144 valence electrons. The third-order valence-corrected chi connectivity index (χ3v) is 5.97. The second-order valence-electron chi connectivity index (χ2n) is 8.01. The summed E-state index contributed by atoms with van der Waals surface area (Å²) in [4.78, 5) is 12.6. The van der Waals surface area contributed by atoms with Crippen LogP contribution in [0.2, 0.25) is 0 Å². The van der Waals surface area contributed by atoms with E-state index in [0.29, 0.717) is 12.2 Å². The maximum atomic E-state index is 12.6. The van der Waals surface area contributed by atoms with Gasteiger partial charge in [0.1, 0.15) is 0 Å². The largest absolute Gasteiger partial charge is 0.294 e. The Bertz CT molecular complexity index is 772. The first-order chi connectivity index (χ1) is 13.2. The van der Waals surface area contributed by atoms with Crippen molar-refractivity contribution < 1.29 is 4.79 Å². The lowest BCUT2D eigenvalue weighted by Crippen LogP contribution is -2.07. The van der Waals surface area contributed by atoms with Crippen LogP contribution in [-0.2, 0) is 19.3 Å². The predicted octanol–water partition coefficient (Wildman–Crippen LogP) is 7.34. The normalized spacial score (nSPS) is 12.5. The Kier molecular flexibility index (Phi) is 7.26. The maximum Gasteiger partial charge on any atom is 0.162 e. The molecular weight excluding hydrogens is 328 g/mol. The Labute approximate surface area is 165 Å². The summed E-state index contributed by atoms with van der Waals surface area (Å²) in [5, 5.41) is 0. The molecule has 0 spiro atoms. The molecule has 1 aliphatic rings. The molecule has 0 aromatic heterocycles. The number of carbonyl (C=O) groups is 1. The van der Waals surface area contributed by atoms with Crippen LogP contribution in [0.1, 0.15) is 92.3 Å². The molecule has 0 radical (unpaired) electrons. The molecule has 0 fully saturated rings. The SMILES string of the molecule is CCCCCCCCCC(=O)c1ccc2c(c1)CCc1cc(CC)ccc1-2. The highest BCUT2D eigenvalue weighted by atomic mass is 16.1. The summed E-state index contributed by atoms with van der Waals surface area (Å²) in [6.07, 6.45) is 12.7. The number of benzene rings is 2. The first-order valence-electron chi connectivity index (χ1n) is 11.0. The van der Waals surface area contributed by atoms with Gasteiger partial charge in [0.15, 0.2) is 5.78 Å². The molecule has 1 heteroatoms. The molecule has 27 heavy (non-hydrogen) atoms. The van der Waals surface area contributed by atoms with Crippen LogP contribution in [0, 0.1) is 0 Å². The Morgan fingerprint density at radius 1 is 0.778 bits per heavy atom. The van der Waals surface area contributed by atoms with Gasteiger partial charge in [0.05, 0.1) is 0 Å². The molecule has 0 atom stereocenters. The lowest BCUT2D eigenvalue weighted by Gasteiger charge is -2.21. The van der Waals surface area contributed by atoms with Crippen LogP contribution >= 0.6 is 0 Å². The molecule has 0 saturated heterocycles. The topological polar surface area (TPSA) is 17.1 Å². The molecule has 2 aromatic carbocycles. The number of hydrogen-bond donors (Lipinski definition) is 0. The van der Waals surface area contributed by atoms with Gasteiger partial charge in [0, 0.05) is 12.0 Å². The number of carbonyl (C=O) groups excluding carboxylic acids is 1. The van der Waals surface area contributed by atoms with E-state index in [2.05, 4.69) is 44.2 Å². The second kappa shape index (κ2) is 9.88. The van der Waals surface area contributed by atoms with Crippen LogP contribution in [0.3, 0.4) is 0 Å². The average molecular weight is 363 g/mol. The molecular formula is C26H34O. The van der Waals surface area contributed by atoms with E-state index in [-0.39, 0.29) is 0 Å². The van der Waals surface area contributed by atoms with Gasteiger partial charge in [-0.2, -0.15) is 0 Å². The van der Waals surface area contributed by atoms with Gasteiger partial charge in [0.2, 0.25) is 0 Å². The number of Topliss-reactive ketones (excluding diaryl/α,β-unsaturated/α-hetero) is 1. The summed E-state index contributed by atoms with van der Waals surface area (Å²) >= 11 is 0. The fourth-order valence-electron chi connectivity index (χ4n) is 4.23. The number of aryl methyl sites for hydroxylation is 3. The van der Waals surface area contributed by atoms with Crippen LogP contribution < -0.4 is 0 Å². The van der Waals surface area contributed by atoms with E-state index < -0.39 is 0 Å². The summed E-state index contributed by atoms with van der Waals surface area (Å²) in [5.74, 6) is 0.318. The number of fused-ring (bicyclic) bond motifs is 3. The van der Waals surface area contributed by atoms with Crippen molar-refractivity contribution >= 4 is 5.78 Å². The summed E-state index contributed by atoms with van der Waals surface area (Å²) < 4.78 is 0. The van der Waals surface area contributed by atoms with E-state index in [9.17, 15) is 4.79 Å². The molecule has 0 N–H and O–H groups in total. The highest BCUT2D eigenvalue weighted by molar-refractivity contribution is 5.97. The Morgan fingerprint density at radius 2 is 1.41 bits per heavy atom. The van der Waals surface area contributed by atoms with Crippen LogP contribution in [0.15, 0.2) is 36.4 Å². The third-order valence-electron chi connectivity index (χ3n) is 5.97. The van der Waals surface area contributed by atoms with Gasteiger partial charge >= 0.3 is 0 Å². The van der Waals surface area contributed by atoms with Gasteiger partial charge in [-0.15, -0.1) is 0 Å². The van der Waals surface area contributed by atoms with Crippen LogP contribution in [-0.4, -0.2) is 5.78 Å². The molecule has 3 rings (SSSR count). The zero-order valence-electron chi connectivity index (χ0n) is 17.2. The van der Waals surface area contributed by atoms with Crippen LogP contribution in [0.5, 0.6) is 0 Å². The lowest BCUT2D eigenvalue weighted by atomic mass is 9.83. The molecule has 0 saturated carbocycles. The van der Waals surface area contributed by atoms with Crippen molar-refractivity contribution in [3.63, 3.8) is 0 Å². The van der Waals surface area contributed by atoms with E-state index in [1.54, 1.807) is 0 Å². The van der Waals surface area contributed by atoms with E-state index >= 15 is 0 Å². The number of hydrogen-bond acceptors (Lipinski definition) is 1. The molecule has 0 bridgehead atoms. The first-order valence-corrected chi connectivity index (χ1v) is 11.0. The zero-order valence-corrected chi connectivity index (χ0v) is 17.2. The molecule has 0 aliphatic heterocycles. The van der Waals surface area contributed by atoms with Gasteiger partial charge in [-0.3, -0.25) is 4.79 Å². The Morgan fingerprint density at radius 3 is 2.11 bits per heavy atom. The minimum absolute atomic E-state index is 0.318. The second-order valence-corrected chi connectivity index (χ2v) is 8.01. The van der Waals surface area contributed by atoms with Crippen LogP contribution in [0.25, 0.3) is 11.1 Å². The van der Waals surface area contributed by atoms with Crippen molar-refractivity contribution in [2.24, 2.45) is 0 Å². The van der Waals surface area contributed by atoms with Gasteiger partial charge in [-0.25, -0.2) is 0 Å². The van der Waals surface area contributed by atoms with Crippen molar-refractivity contribution in [2.75, 3.05) is 0 Å². The highest BCUT2D eigenvalue weighted by Crippen LogP contribution is 2.34. The average Bonchev–Trinajstić information content (AvgIpc) is 2.71. The van der Waals surface area contributed by atoms with Gasteiger partial charge in [0.25, 0.3) is 0 Å². The van der Waals surface area contributed by atoms with Crippen molar-refractivity contribution in [3.8, 4) is 11.1 Å². The van der Waals surface area contributed by atoms with Gasteiger partial charge in [-0.1, -0.05) is 82.7 Å². The Balaban J connectivity index is 1.59. The summed E-state index contributed by atoms with van der Waals surface area (Å²) in [6.45, 7) is 4.46. The quantitative estimate of drug-likeness (QED) is 0.319. The summed E-state index contributed by atoms with van der Waals surface area (Å²) in [7, 11) is 0. The van der Waals surface area contributed by atoms with E-state index in [4.69, 9.17) is 0 Å². The standard InChI is InChI=1S/C26H34O/c1-3-5-6-7-8-9-10-11-26(27)23-15-17-25-22(19-23)14-13-21-18-20(4-2)12-16-24(21)25/h12,15-19H,3-11,13-14H2,1-2H3.